The van der Waals surface area contributed by atoms with Gasteiger partial charge in [-0.05, 0) is 12.8 Å². The lowest BCUT2D eigenvalue weighted by molar-refractivity contribution is -0.141. The first-order chi connectivity index (χ1) is 8.49. The number of carboxylic acid groups (broad SMARTS) is 1. The molecular formula is C12H22N2O4. The second-order valence-corrected chi connectivity index (χ2v) is 4.74. The molecule has 1 saturated heterocycles. The van der Waals surface area contributed by atoms with Gasteiger partial charge in [-0.3, -0.25) is 0 Å². The lowest BCUT2D eigenvalue weighted by atomic mass is 10.1. The van der Waals surface area contributed by atoms with Crippen LogP contribution >= 0.6 is 0 Å². The third-order valence-electron chi connectivity index (χ3n) is 3.28. The molecule has 3 N–H and O–H groups in total. The van der Waals surface area contributed by atoms with Gasteiger partial charge in [0.05, 0.1) is 6.10 Å². The van der Waals surface area contributed by atoms with Crippen LogP contribution in [0.5, 0.6) is 0 Å². The van der Waals surface area contributed by atoms with Crippen LogP contribution in [0.2, 0.25) is 0 Å². The van der Waals surface area contributed by atoms with Gasteiger partial charge in [0.15, 0.2) is 0 Å². The number of β-amino-alcohol motifs (C(OH)–C–C–N with tert-alkyl or cyclic N) is 1. The molecule has 3 atom stereocenters. The van der Waals surface area contributed by atoms with Gasteiger partial charge in [0, 0.05) is 19.0 Å². The van der Waals surface area contributed by atoms with E-state index in [1.165, 1.54) is 4.90 Å². The first-order valence-electron chi connectivity index (χ1n) is 6.47. The van der Waals surface area contributed by atoms with Crippen molar-refractivity contribution >= 4 is 12.0 Å². The number of carbonyl (C=O) groups is 2. The number of rotatable bonds is 5. The maximum atomic E-state index is 12.0. The molecule has 6 heteroatoms. The van der Waals surface area contributed by atoms with Crippen LogP contribution in [0.4, 0.5) is 4.79 Å². The van der Waals surface area contributed by atoms with Crippen LogP contribution in [0.3, 0.4) is 0 Å². The van der Waals surface area contributed by atoms with Gasteiger partial charge in [-0.1, -0.05) is 20.3 Å². The molecule has 1 fully saturated rings. The Hall–Kier alpha value is -1.30. The van der Waals surface area contributed by atoms with Gasteiger partial charge >= 0.3 is 12.0 Å². The third-order valence-corrected chi connectivity index (χ3v) is 3.28. The van der Waals surface area contributed by atoms with E-state index in [1.54, 1.807) is 0 Å². The van der Waals surface area contributed by atoms with E-state index in [2.05, 4.69) is 5.32 Å². The predicted octanol–water partition coefficient (Wildman–Crippen LogP) is 0.794. The number of nitrogens with one attached hydrogen (secondary N) is 1. The van der Waals surface area contributed by atoms with Crippen LogP contribution in [0.25, 0.3) is 0 Å². The van der Waals surface area contributed by atoms with Gasteiger partial charge in [-0.15, -0.1) is 0 Å². The average molecular weight is 258 g/mol. The van der Waals surface area contributed by atoms with Crippen molar-refractivity contribution in [3.63, 3.8) is 0 Å². The summed E-state index contributed by atoms with van der Waals surface area (Å²) in [5.74, 6) is -1.06. The molecule has 0 aromatic carbocycles. The van der Waals surface area contributed by atoms with Crippen molar-refractivity contribution in [2.45, 2.75) is 57.7 Å². The highest BCUT2D eigenvalue weighted by Crippen LogP contribution is 2.18. The van der Waals surface area contributed by atoms with Crippen molar-refractivity contribution in [1.82, 2.24) is 10.2 Å². The summed E-state index contributed by atoms with van der Waals surface area (Å²) in [5, 5.41) is 21.3. The summed E-state index contributed by atoms with van der Waals surface area (Å²) in [6.07, 6.45) is 2.00. The molecule has 0 aromatic heterocycles. The fourth-order valence-electron chi connectivity index (χ4n) is 2.26. The molecule has 0 aromatic rings. The average Bonchev–Trinajstić information content (AvgIpc) is 2.71. The summed E-state index contributed by atoms with van der Waals surface area (Å²) in [5.41, 5.74) is 0. The summed E-state index contributed by atoms with van der Waals surface area (Å²) in [7, 11) is 0. The Morgan fingerprint density at radius 1 is 1.44 bits per heavy atom. The second kappa shape index (κ2) is 6.58. The topological polar surface area (TPSA) is 89.9 Å². The number of carbonyl (C=O) groups excluding carboxylic acids is 1. The highest BCUT2D eigenvalue weighted by molar-refractivity contribution is 5.83. The number of likely N-dealkylation sites (tertiary alicyclic amines) is 1. The highest BCUT2D eigenvalue weighted by Gasteiger charge is 2.39. The molecule has 0 aliphatic carbocycles. The number of hydrogen-bond acceptors (Lipinski definition) is 3. The number of carboxylic acids is 1. The molecule has 18 heavy (non-hydrogen) atoms. The Morgan fingerprint density at radius 2 is 2.11 bits per heavy atom. The van der Waals surface area contributed by atoms with E-state index in [1.807, 2.05) is 13.8 Å². The van der Waals surface area contributed by atoms with Crippen molar-refractivity contribution in [3.05, 3.63) is 0 Å². The molecule has 104 valence electrons. The number of aliphatic carboxylic acids is 1. The van der Waals surface area contributed by atoms with E-state index in [-0.39, 0.29) is 25.0 Å². The van der Waals surface area contributed by atoms with Gasteiger partial charge < -0.3 is 20.4 Å². The third kappa shape index (κ3) is 3.60. The predicted molar refractivity (Wildman–Crippen MR) is 66.3 cm³/mol. The molecule has 0 bridgehead atoms. The smallest absolute Gasteiger partial charge is 0.326 e. The molecule has 1 unspecified atom stereocenters. The van der Waals surface area contributed by atoms with E-state index in [0.29, 0.717) is 0 Å². The molecule has 0 radical (unpaired) electrons. The Labute approximate surface area is 107 Å². The van der Waals surface area contributed by atoms with Gasteiger partial charge in [0.2, 0.25) is 0 Å². The lowest BCUT2D eigenvalue weighted by Crippen LogP contribution is -2.49. The minimum Gasteiger partial charge on any atom is -0.480 e. The zero-order valence-corrected chi connectivity index (χ0v) is 10.9. The van der Waals surface area contributed by atoms with Gasteiger partial charge in [0.25, 0.3) is 0 Å². The molecular weight excluding hydrogens is 236 g/mol. The Bertz CT molecular complexity index is 308. The number of aliphatic hydroxyl groups excluding tert-OH is 1. The number of aliphatic hydroxyl groups is 1. The van der Waals surface area contributed by atoms with Crippen LogP contribution in [-0.2, 0) is 4.79 Å². The van der Waals surface area contributed by atoms with Crippen LogP contribution in [0.1, 0.15) is 39.5 Å². The Kier molecular flexibility index (Phi) is 5.40. The largest absolute Gasteiger partial charge is 0.480 e. The van der Waals surface area contributed by atoms with Crippen LogP contribution in [0.15, 0.2) is 0 Å². The molecule has 0 saturated carbocycles. The first-order valence-corrected chi connectivity index (χ1v) is 6.47. The van der Waals surface area contributed by atoms with E-state index < -0.39 is 18.1 Å². The first kappa shape index (κ1) is 14.8. The number of nitrogens with zero attached hydrogens (tertiary/aromatic N) is 1. The van der Waals surface area contributed by atoms with Crippen molar-refractivity contribution in [3.8, 4) is 0 Å². The molecule has 6 nitrogen and oxygen atoms in total. The fourth-order valence-corrected chi connectivity index (χ4v) is 2.26. The highest BCUT2D eigenvalue weighted by atomic mass is 16.4. The summed E-state index contributed by atoms with van der Waals surface area (Å²) < 4.78 is 0. The Balaban J connectivity index is 2.61. The van der Waals surface area contributed by atoms with Crippen molar-refractivity contribution in [2.75, 3.05) is 6.54 Å². The van der Waals surface area contributed by atoms with Crippen molar-refractivity contribution in [2.24, 2.45) is 0 Å². The van der Waals surface area contributed by atoms with Gasteiger partial charge in [-0.25, -0.2) is 9.59 Å². The zero-order valence-electron chi connectivity index (χ0n) is 10.9. The van der Waals surface area contributed by atoms with E-state index in [4.69, 9.17) is 5.11 Å². The maximum Gasteiger partial charge on any atom is 0.326 e. The van der Waals surface area contributed by atoms with Crippen LogP contribution in [-0.4, -0.2) is 51.8 Å². The molecule has 0 spiro atoms. The number of urea groups is 1. The second-order valence-electron chi connectivity index (χ2n) is 4.74. The van der Waals surface area contributed by atoms with Gasteiger partial charge in [-0.2, -0.15) is 0 Å². The fraction of sp³-hybridized carbons (Fsp3) is 0.833. The van der Waals surface area contributed by atoms with Crippen LogP contribution in [0, 0.1) is 0 Å². The molecule has 2 amide bonds. The van der Waals surface area contributed by atoms with E-state index in [0.717, 1.165) is 19.3 Å². The zero-order chi connectivity index (χ0) is 13.7. The lowest BCUT2D eigenvalue weighted by Gasteiger charge is -2.25. The summed E-state index contributed by atoms with van der Waals surface area (Å²) in [4.78, 5) is 24.2. The van der Waals surface area contributed by atoms with Gasteiger partial charge in [0.1, 0.15) is 6.04 Å². The normalized spacial score (nSPS) is 24.9. The number of hydrogen-bond donors (Lipinski definition) is 3. The summed E-state index contributed by atoms with van der Waals surface area (Å²) >= 11 is 0. The minimum absolute atomic E-state index is 0.0645. The van der Waals surface area contributed by atoms with Crippen molar-refractivity contribution in [1.29, 1.82) is 0 Å². The van der Waals surface area contributed by atoms with Crippen LogP contribution < -0.4 is 5.32 Å². The standard InChI is InChI=1S/C12H22N2O4/c1-3-5-8(4-2)13-12(18)14-7-9(15)6-10(14)11(16)17/h8-10,15H,3-7H2,1-2H3,(H,13,18)(H,16,17)/t8?,9-,10-/m0/s1. The maximum absolute atomic E-state index is 12.0. The summed E-state index contributed by atoms with van der Waals surface area (Å²) in [6, 6.07) is -1.24. The Morgan fingerprint density at radius 3 is 2.61 bits per heavy atom. The number of amides is 2. The molecule has 1 aliphatic heterocycles. The summed E-state index contributed by atoms with van der Waals surface area (Å²) in [6.45, 7) is 4.11. The van der Waals surface area contributed by atoms with Crippen molar-refractivity contribution < 1.29 is 19.8 Å². The van der Waals surface area contributed by atoms with E-state index in [9.17, 15) is 14.7 Å². The van der Waals surface area contributed by atoms with E-state index >= 15 is 0 Å². The molecule has 1 heterocycles. The minimum atomic E-state index is -1.06. The molecule has 1 rings (SSSR count). The molecule has 1 aliphatic rings. The SMILES string of the molecule is CCCC(CC)NC(=O)N1C[C@@H](O)C[C@H]1C(=O)O. The quantitative estimate of drug-likeness (QED) is 0.680. The monoisotopic (exact) mass is 258 g/mol.